The van der Waals surface area contributed by atoms with Gasteiger partial charge < -0.3 is 20.1 Å². The van der Waals surface area contributed by atoms with Crippen LogP contribution in [0, 0.1) is 0 Å². The Hall–Kier alpha value is -1.14. The van der Waals surface area contributed by atoms with Crippen LogP contribution >= 0.6 is 0 Å². The van der Waals surface area contributed by atoms with Crippen molar-refractivity contribution in [2.45, 2.75) is 45.3 Å². The fourth-order valence-electron chi connectivity index (χ4n) is 2.34. The Kier molecular flexibility index (Phi) is 5.12. The zero-order valence-electron chi connectivity index (χ0n) is 13.9. The average molecular weight is 303 g/mol. The molecule has 1 saturated heterocycles. The molecule has 22 heavy (non-hydrogen) atoms. The lowest BCUT2D eigenvalue weighted by molar-refractivity contribution is 0.00578. The van der Waals surface area contributed by atoms with Gasteiger partial charge in [0.25, 0.3) is 0 Å². The molecule has 1 aromatic carbocycles. The Labute approximate surface area is 133 Å². The summed E-state index contributed by atoms with van der Waals surface area (Å²) in [5, 5.41) is 9.68. The van der Waals surface area contributed by atoms with Crippen LogP contribution in [0.15, 0.2) is 29.7 Å². The van der Waals surface area contributed by atoms with Gasteiger partial charge in [-0.05, 0) is 57.3 Å². The SMILES string of the molecule is CC1(C)OB(C(=Cc2ccc(CCN)cc2)CO)OC1(C)C. The molecule has 0 unspecified atom stereocenters. The highest BCUT2D eigenvalue weighted by molar-refractivity contribution is 6.55. The smallest absolute Gasteiger partial charge is 0.400 e. The van der Waals surface area contributed by atoms with Crippen molar-refractivity contribution in [1.82, 2.24) is 0 Å². The molecule has 0 radical (unpaired) electrons. The summed E-state index contributed by atoms with van der Waals surface area (Å²) in [5.74, 6) is 0. The zero-order chi connectivity index (χ0) is 16.4. The maximum absolute atomic E-state index is 9.68. The standard InChI is InChI=1S/C17H26BNO3/c1-16(2)17(3,4)22-18(21-16)15(12-20)11-14-7-5-13(6-8-14)9-10-19/h5-8,11,20H,9-10,12,19H2,1-4H3. The average Bonchev–Trinajstić information content (AvgIpc) is 2.67. The molecule has 0 bridgehead atoms. The molecule has 2 rings (SSSR count). The van der Waals surface area contributed by atoms with E-state index in [1.807, 2.05) is 45.9 Å². The van der Waals surface area contributed by atoms with Crippen LogP contribution in [0.2, 0.25) is 0 Å². The van der Waals surface area contributed by atoms with Crippen LogP contribution in [-0.4, -0.2) is 36.6 Å². The molecule has 5 heteroatoms. The van der Waals surface area contributed by atoms with E-state index < -0.39 is 18.3 Å². The first-order valence-corrected chi connectivity index (χ1v) is 7.75. The van der Waals surface area contributed by atoms with E-state index in [2.05, 4.69) is 12.1 Å². The highest BCUT2D eigenvalue weighted by Gasteiger charge is 2.52. The van der Waals surface area contributed by atoms with Crippen molar-refractivity contribution in [3.05, 3.63) is 40.9 Å². The second-order valence-corrected chi connectivity index (χ2v) is 6.75. The van der Waals surface area contributed by atoms with Crippen molar-refractivity contribution in [3.8, 4) is 0 Å². The number of hydrogen-bond donors (Lipinski definition) is 2. The van der Waals surface area contributed by atoms with Crippen molar-refractivity contribution >= 4 is 13.2 Å². The topological polar surface area (TPSA) is 64.7 Å². The van der Waals surface area contributed by atoms with E-state index in [1.165, 1.54) is 5.56 Å². The molecule has 0 spiro atoms. The first kappa shape index (κ1) is 17.2. The van der Waals surface area contributed by atoms with Crippen LogP contribution in [0.5, 0.6) is 0 Å². The number of aliphatic hydroxyl groups excluding tert-OH is 1. The lowest BCUT2D eigenvalue weighted by atomic mass is 9.77. The van der Waals surface area contributed by atoms with Crippen LogP contribution < -0.4 is 5.73 Å². The minimum absolute atomic E-state index is 0.0959. The van der Waals surface area contributed by atoms with E-state index in [-0.39, 0.29) is 6.61 Å². The van der Waals surface area contributed by atoms with Gasteiger partial charge in [-0.3, -0.25) is 0 Å². The van der Waals surface area contributed by atoms with E-state index in [0.717, 1.165) is 17.5 Å². The van der Waals surface area contributed by atoms with E-state index in [9.17, 15) is 5.11 Å². The fraction of sp³-hybridized carbons (Fsp3) is 0.529. The van der Waals surface area contributed by atoms with Crippen LogP contribution in [-0.2, 0) is 15.7 Å². The lowest BCUT2D eigenvalue weighted by Crippen LogP contribution is -2.41. The molecular weight excluding hydrogens is 277 g/mol. The molecule has 1 aromatic rings. The first-order chi connectivity index (χ1) is 10.3. The van der Waals surface area contributed by atoms with E-state index in [4.69, 9.17) is 15.0 Å². The molecule has 120 valence electrons. The number of rotatable bonds is 5. The Balaban J connectivity index is 2.18. The molecule has 3 N–H and O–H groups in total. The van der Waals surface area contributed by atoms with Crippen LogP contribution in [0.1, 0.15) is 38.8 Å². The molecule has 0 saturated carbocycles. The maximum atomic E-state index is 9.68. The third-order valence-corrected chi connectivity index (χ3v) is 4.50. The summed E-state index contributed by atoms with van der Waals surface area (Å²) in [6.07, 6.45) is 2.79. The number of nitrogens with two attached hydrogens (primary N) is 1. The Morgan fingerprint density at radius 1 is 1.14 bits per heavy atom. The van der Waals surface area contributed by atoms with Crippen LogP contribution in [0.25, 0.3) is 6.08 Å². The molecule has 1 heterocycles. The van der Waals surface area contributed by atoms with Gasteiger partial charge in [0, 0.05) is 0 Å². The molecule has 4 nitrogen and oxygen atoms in total. The summed E-state index contributed by atoms with van der Waals surface area (Å²) in [7, 11) is -0.515. The van der Waals surface area contributed by atoms with Crippen molar-refractivity contribution in [1.29, 1.82) is 0 Å². The summed E-state index contributed by atoms with van der Waals surface area (Å²) >= 11 is 0. The second-order valence-electron chi connectivity index (χ2n) is 6.75. The second kappa shape index (κ2) is 6.55. The van der Waals surface area contributed by atoms with Crippen molar-refractivity contribution in [3.63, 3.8) is 0 Å². The molecule has 1 fully saturated rings. The summed E-state index contributed by atoms with van der Waals surface area (Å²) in [5.41, 5.74) is 7.69. The predicted octanol–water partition coefficient (Wildman–Crippen LogP) is 2.19. The molecule has 0 aliphatic carbocycles. The van der Waals surface area contributed by atoms with Crippen molar-refractivity contribution in [2.75, 3.05) is 13.2 Å². The Morgan fingerprint density at radius 3 is 2.14 bits per heavy atom. The first-order valence-electron chi connectivity index (χ1n) is 7.75. The van der Waals surface area contributed by atoms with E-state index >= 15 is 0 Å². The lowest BCUT2D eigenvalue weighted by Gasteiger charge is -2.32. The van der Waals surface area contributed by atoms with Crippen molar-refractivity contribution < 1.29 is 14.4 Å². The highest BCUT2D eigenvalue weighted by Crippen LogP contribution is 2.38. The minimum atomic E-state index is -0.515. The van der Waals surface area contributed by atoms with Crippen molar-refractivity contribution in [2.24, 2.45) is 5.73 Å². The molecule has 1 aliphatic rings. The van der Waals surface area contributed by atoms with Crippen LogP contribution in [0.4, 0.5) is 0 Å². The molecule has 0 aromatic heterocycles. The predicted molar refractivity (Wildman–Crippen MR) is 90.3 cm³/mol. The van der Waals surface area contributed by atoms with Gasteiger partial charge in [-0.2, -0.15) is 0 Å². The van der Waals surface area contributed by atoms with Gasteiger partial charge in [0.2, 0.25) is 0 Å². The Morgan fingerprint density at radius 2 is 1.68 bits per heavy atom. The zero-order valence-corrected chi connectivity index (χ0v) is 13.9. The van der Waals surface area contributed by atoms with Gasteiger partial charge in [-0.25, -0.2) is 0 Å². The number of aliphatic hydroxyl groups is 1. The number of hydrogen-bond acceptors (Lipinski definition) is 4. The third kappa shape index (κ3) is 3.61. The number of benzene rings is 1. The summed E-state index contributed by atoms with van der Waals surface area (Å²) in [6, 6.07) is 8.15. The normalized spacial score (nSPS) is 20.5. The summed E-state index contributed by atoms with van der Waals surface area (Å²) in [4.78, 5) is 0. The summed E-state index contributed by atoms with van der Waals surface area (Å²) in [6.45, 7) is 8.56. The van der Waals surface area contributed by atoms with Gasteiger partial charge >= 0.3 is 7.12 Å². The van der Waals surface area contributed by atoms with Gasteiger partial charge in [0.15, 0.2) is 0 Å². The van der Waals surface area contributed by atoms with Gasteiger partial charge in [0.1, 0.15) is 0 Å². The van der Waals surface area contributed by atoms with Gasteiger partial charge in [-0.1, -0.05) is 30.3 Å². The Bertz CT molecular complexity index is 521. The molecule has 0 amide bonds. The largest absolute Gasteiger partial charge is 0.492 e. The fourth-order valence-corrected chi connectivity index (χ4v) is 2.34. The minimum Gasteiger partial charge on any atom is -0.400 e. The highest BCUT2D eigenvalue weighted by atomic mass is 16.7. The molecule has 1 aliphatic heterocycles. The van der Waals surface area contributed by atoms with E-state index in [0.29, 0.717) is 6.54 Å². The van der Waals surface area contributed by atoms with Gasteiger partial charge in [0.05, 0.1) is 17.8 Å². The third-order valence-electron chi connectivity index (χ3n) is 4.50. The monoisotopic (exact) mass is 303 g/mol. The maximum Gasteiger partial charge on any atom is 0.492 e. The van der Waals surface area contributed by atoms with Gasteiger partial charge in [-0.15, -0.1) is 0 Å². The van der Waals surface area contributed by atoms with Crippen LogP contribution in [0.3, 0.4) is 0 Å². The molecular formula is C17H26BNO3. The molecule has 0 atom stereocenters. The quantitative estimate of drug-likeness (QED) is 0.819. The summed E-state index contributed by atoms with van der Waals surface area (Å²) < 4.78 is 12.0. The van der Waals surface area contributed by atoms with E-state index in [1.54, 1.807) is 0 Å².